The smallest absolute Gasteiger partial charge is 0.252 e. The standard InChI is InChI=1S/C17H17N5O/c1-17(2,3)16-21-14(8-18)15(23-16)22-20-10-11-9-19-13-7-5-4-6-12(11)13/h4-7,9-10,19,22H,1-3H3. The van der Waals surface area contributed by atoms with Crippen molar-refractivity contribution in [1.82, 2.24) is 9.97 Å². The van der Waals surface area contributed by atoms with E-state index >= 15 is 0 Å². The van der Waals surface area contributed by atoms with Crippen molar-refractivity contribution in [2.45, 2.75) is 26.2 Å². The minimum atomic E-state index is -0.272. The van der Waals surface area contributed by atoms with E-state index in [1.54, 1.807) is 6.21 Å². The molecule has 2 aromatic heterocycles. The van der Waals surface area contributed by atoms with E-state index in [1.165, 1.54) is 0 Å². The van der Waals surface area contributed by atoms with E-state index in [2.05, 4.69) is 20.5 Å². The van der Waals surface area contributed by atoms with E-state index < -0.39 is 0 Å². The molecule has 0 saturated carbocycles. The number of para-hydroxylation sites is 1. The number of benzene rings is 1. The van der Waals surface area contributed by atoms with Crippen molar-refractivity contribution in [3.05, 3.63) is 47.6 Å². The van der Waals surface area contributed by atoms with Gasteiger partial charge in [-0.05, 0) is 6.07 Å². The van der Waals surface area contributed by atoms with E-state index in [1.807, 2.05) is 57.3 Å². The van der Waals surface area contributed by atoms with Crippen molar-refractivity contribution < 1.29 is 4.42 Å². The minimum absolute atomic E-state index is 0.200. The number of hydrogen-bond acceptors (Lipinski definition) is 5. The zero-order valence-corrected chi connectivity index (χ0v) is 13.2. The van der Waals surface area contributed by atoms with Gasteiger partial charge in [-0.3, -0.25) is 0 Å². The van der Waals surface area contributed by atoms with Gasteiger partial charge in [0, 0.05) is 28.1 Å². The summed E-state index contributed by atoms with van der Waals surface area (Å²) < 4.78 is 5.61. The summed E-state index contributed by atoms with van der Waals surface area (Å²) in [4.78, 5) is 7.37. The fraction of sp³-hybridized carbons (Fsp3) is 0.235. The Morgan fingerprint density at radius 2 is 2.13 bits per heavy atom. The molecule has 0 amide bonds. The second kappa shape index (κ2) is 5.61. The number of nitrogens with zero attached hydrogens (tertiary/aromatic N) is 3. The largest absolute Gasteiger partial charge is 0.421 e. The molecule has 0 aliphatic heterocycles. The number of oxazole rings is 1. The number of aromatic nitrogens is 2. The Morgan fingerprint density at radius 1 is 1.35 bits per heavy atom. The lowest BCUT2D eigenvalue weighted by atomic mass is 9.97. The Labute approximate surface area is 133 Å². The van der Waals surface area contributed by atoms with Crippen molar-refractivity contribution in [3.8, 4) is 6.07 Å². The average Bonchev–Trinajstić information content (AvgIpc) is 3.11. The van der Waals surface area contributed by atoms with Crippen LogP contribution in [0.1, 0.15) is 37.9 Å². The van der Waals surface area contributed by atoms with Gasteiger partial charge in [-0.15, -0.1) is 0 Å². The number of hydrazone groups is 1. The van der Waals surface area contributed by atoms with Crippen LogP contribution >= 0.6 is 0 Å². The summed E-state index contributed by atoms with van der Waals surface area (Å²) in [5.41, 5.74) is 4.68. The molecule has 116 valence electrons. The monoisotopic (exact) mass is 307 g/mol. The van der Waals surface area contributed by atoms with Gasteiger partial charge in [0.15, 0.2) is 0 Å². The van der Waals surface area contributed by atoms with Crippen molar-refractivity contribution >= 4 is 23.0 Å². The molecule has 3 aromatic rings. The number of rotatable bonds is 3. The first-order valence-electron chi connectivity index (χ1n) is 7.25. The van der Waals surface area contributed by atoms with Gasteiger partial charge in [-0.25, -0.2) is 5.43 Å². The highest BCUT2D eigenvalue weighted by atomic mass is 16.4. The van der Waals surface area contributed by atoms with E-state index in [4.69, 9.17) is 9.68 Å². The molecule has 3 rings (SSSR count). The molecule has 23 heavy (non-hydrogen) atoms. The summed E-state index contributed by atoms with van der Waals surface area (Å²) in [6, 6.07) is 9.97. The molecule has 0 spiro atoms. The maximum atomic E-state index is 9.15. The van der Waals surface area contributed by atoms with Gasteiger partial charge in [-0.1, -0.05) is 39.0 Å². The Balaban J connectivity index is 1.83. The van der Waals surface area contributed by atoms with Crippen molar-refractivity contribution in [3.63, 3.8) is 0 Å². The first-order valence-corrected chi connectivity index (χ1v) is 7.25. The van der Waals surface area contributed by atoms with Crippen LogP contribution in [-0.4, -0.2) is 16.2 Å². The lowest BCUT2D eigenvalue weighted by Crippen LogP contribution is -2.11. The summed E-state index contributed by atoms with van der Waals surface area (Å²) in [7, 11) is 0. The predicted molar refractivity (Wildman–Crippen MR) is 89.4 cm³/mol. The maximum absolute atomic E-state index is 9.15. The minimum Gasteiger partial charge on any atom is -0.421 e. The summed E-state index contributed by atoms with van der Waals surface area (Å²) >= 11 is 0. The predicted octanol–water partition coefficient (Wildman–Crippen LogP) is 3.77. The van der Waals surface area contributed by atoms with Gasteiger partial charge >= 0.3 is 0 Å². The molecule has 0 radical (unpaired) electrons. The molecule has 0 unspecified atom stereocenters. The summed E-state index contributed by atoms with van der Waals surface area (Å²) in [5.74, 6) is 0.757. The molecular formula is C17H17N5O. The Hall–Kier alpha value is -3.07. The number of nitriles is 1. The van der Waals surface area contributed by atoms with Crippen molar-refractivity contribution in [2.75, 3.05) is 5.43 Å². The van der Waals surface area contributed by atoms with Crippen LogP contribution in [0.15, 0.2) is 40.0 Å². The van der Waals surface area contributed by atoms with E-state index in [-0.39, 0.29) is 17.0 Å². The van der Waals surface area contributed by atoms with Crippen LogP contribution in [0.2, 0.25) is 0 Å². The SMILES string of the molecule is CC(C)(C)c1nc(C#N)c(NN=Cc2c[nH]c3ccccc23)o1. The van der Waals surface area contributed by atoms with Gasteiger partial charge in [0.1, 0.15) is 6.07 Å². The summed E-state index contributed by atoms with van der Waals surface area (Å²) in [6.45, 7) is 5.91. The molecule has 0 aliphatic carbocycles. The van der Waals surface area contributed by atoms with Crippen LogP contribution in [0.3, 0.4) is 0 Å². The Bertz CT molecular complexity index is 905. The number of anilines is 1. The van der Waals surface area contributed by atoms with E-state index in [0.29, 0.717) is 5.89 Å². The summed E-state index contributed by atoms with van der Waals surface area (Å²) in [5, 5.41) is 14.4. The third-order valence-electron chi connectivity index (χ3n) is 3.37. The number of hydrogen-bond donors (Lipinski definition) is 2. The topological polar surface area (TPSA) is 90.0 Å². The third-order valence-corrected chi connectivity index (χ3v) is 3.37. The summed E-state index contributed by atoms with van der Waals surface area (Å²) in [6.07, 6.45) is 3.56. The molecule has 2 N–H and O–H groups in total. The van der Waals surface area contributed by atoms with Gasteiger partial charge in [0.05, 0.1) is 6.21 Å². The van der Waals surface area contributed by atoms with Gasteiger partial charge in [0.25, 0.3) is 5.88 Å². The number of nitrogens with one attached hydrogen (secondary N) is 2. The highest BCUT2D eigenvalue weighted by molar-refractivity contribution is 5.99. The number of fused-ring (bicyclic) bond motifs is 1. The molecule has 0 atom stereocenters. The fourth-order valence-electron chi connectivity index (χ4n) is 2.15. The van der Waals surface area contributed by atoms with Crippen molar-refractivity contribution in [1.29, 1.82) is 5.26 Å². The highest BCUT2D eigenvalue weighted by Crippen LogP contribution is 2.26. The zero-order valence-electron chi connectivity index (χ0n) is 13.2. The van der Waals surface area contributed by atoms with Crippen LogP contribution in [0, 0.1) is 11.3 Å². The van der Waals surface area contributed by atoms with Gasteiger partial charge in [0.2, 0.25) is 11.6 Å². The zero-order chi connectivity index (χ0) is 16.4. The second-order valence-electron chi connectivity index (χ2n) is 6.22. The van der Waals surface area contributed by atoms with Gasteiger partial charge < -0.3 is 9.40 Å². The van der Waals surface area contributed by atoms with E-state index in [9.17, 15) is 0 Å². The molecule has 0 fully saturated rings. The van der Waals surface area contributed by atoms with Crippen LogP contribution in [0.4, 0.5) is 5.88 Å². The van der Waals surface area contributed by atoms with Crippen LogP contribution in [-0.2, 0) is 5.41 Å². The molecule has 2 heterocycles. The molecular weight excluding hydrogens is 290 g/mol. The Morgan fingerprint density at radius 3 is 2.87 bits per heavy atom. The molecule has 6 nitrogen and oxygen atoms in total. The molecule has 0 saturated heterocycles. The van der Waals surface area contributed by atoms with E-state index in [0.717, 1.165) is 16.5 Å². The lowest BCUT2D eigenvalue weighted by Gasteiger charge is -2.11. The van der Waals surface area contributed by atoms with Gasteiger partial charge in [-0.2, -0.15) is 15.3 Å². The normalized spacial score (nSPS) is 11.9. The van der Waals surface area contributed by atoms with Crippen molar-refractivity contribution in [2.24, 2.45) is 5.10 Å². The molecule has 6 heteroatoms. The molecule has 0 aliphatic rings. The average molecular weight is 307 g/mol. The Kier molecular flexibility index (Phi) is 3.62. The second-order valence-corrected chi connectivity index (χ2v) is 6.22. The molecule has 1 aromatic carbocycles. The highest BCUT2D eigenvalue weighted by Gasteiger charge is 2.23. The quantitative estimate of drug-likeness (QED) is 0.569. The first kappa shape index (κ1) is 14.9. The van der Waals surface area contributed by atoms with Crippen LogP contribution < -0.4 is 5.43 Å². The fourth-order valence-corrected chi connectivity index (χ4v) is 2.15. The van der Waals surface area contributed by atoms with Crippen LogP contribution in [0.5, 0.6) is 0 Å². The van der Waals surface area contributed by atoms with Crippen LogP contribution in [0.25, 0.3) is 10.9 Å². The lowest BCUT2D eigenvalue weighted by molar-refractivity contribution is 0.399. The maximum Gasteiger partial charge on any atom is 0.252 e. The molecule has 0 bridgehead atoms. The first-order chi connectivity index (χ1) is 11.0. The number of H-pyrrole nitrogens is 1. The third kappa shape index (κ3) is 2.94. The number of aromatic amines is 1.